The Labute approximate surface area is 221 Å². The van der Waals surface area contributed by atoms with Gasteiger partial charge in [0.25, 0.3) is 0 Å². The Balaban J connectivity index is 1.22. The maximum Gasteiger partial charge on any atom is 0.123 e. The van der Waals surface area contributed by atoms with Gasteiger partial charge in [-0.2, -0.15) is 15.3 Å². The third kappa shape index (κ3) is 4.14. The van der Waals surface area contributed by atoms with E-state index in [9.17, 15) is 5.11 Å². The van der Waals surface area contributed by atoms with Gasteiger partial charge in [0.15, 0.2) is 0 Å². The van der Waals surface area contributed by atoms with Gasteiger partial charge in [-0.1, -0.05) is 36.4 Å². The van der Waals surface area contributed by atoms with Crippen molar-refractivity contribution in [1.82, 2.24) is 24.9 Å². The van der Waals surface area contributed by atoms with E-state index in [0.29, 0.717) is 12.0 Å². The number of benzene rings is 3. The van der Waals surface area contributed by atoms with Crippen molar-refractivity contribution in [1.29, 1.82) is 0 Å². The number of rotatable bonds is 5. The second-order valence-corrected chi connectivity index (χ2v) is 10.4. The lowest BCUT2D eigenvalue weighted by atomic mass is 9.91. The predicted octanol–water partition coefficient (Wildman–Crippen LogP) is 5.26. The molecular weight excluding hydrogens is 474 g/mol. The third-order valence-corrected chi connectivity index (χ3v) is 7.88. The molecule has 0 bridgehead atoms. The molecule has 7 nitrogen and oxygen atoms in total. The van der Waals surface area contributed by atoms with E-state index < -0.39 is 0 Å². The Morgan fingerprint density at radius 2 is 1.71 bits per heavy atom. The van der Waals surface area contributed by atoms with Gasteiger partial charge < -0.3 is 9.84 Å². The van der Waals surface area contributed by atoms with E-state index in [1.54, 1.807) is 6.07 Å². The van der Waals surface area contributed by atoms with Crippen molar-refractivity contribution in [2.75, 3.05) is 26.3 Å². The smallest absolute Gasteiger partial charge is 0.123 e. The van der Waals surface area contributed by atoms with Crippen LogP contribution in [0.3, 0.4) is 0 Å². The average Bonchev–Trinajstić information content (AvgIpc) is 3.57. The predicted molar refractivity (Wildman–Crippen MR) is 148 cm³/mol. The molecule has 5 aromatic rings. The van der Waals surface area contributed by atoms with Crippen LogP contribution in [-0.2, 0) is 11.8 Å². The minimum atomic E-state index is 0.239. The van der Waals surface area contributed by atoms with Gasteiger partial charge in [0, 0.05) is 61.4 Å². The lowest BCUT2D eigenvalue weighted by Gasteiger charge is -2.42. The highest BCUT2D eigenvalue weighted by atomic mass is 16.5. The molecule has 4 heterocycles. The highest BCUT2D eigenvalue weighted by Crippen LogP contribution is 2.39. The number of nitrogens with zero attached hydrogens (tertiary/aromatic N) is 5. The summed E-state index contributed by atoms with van der Waals surface area (Å²) in [6.07, 6.45) is 3.15. The van der Waals surface area contributed by atoms with Crippen molar-refractivity contribution >= 4 is 10.9 Å². The summed E-state index contributed by atoms with van der Waals surface area (Å²) < 4.78 is 7.37. The Morgan fingerprint density at radius 1 is 0.868 bits per heavy atom. The maximum atomic E-state index is 10.8. The Morgan fingerprint density at radius 3 is 2.50 bits per heavy atom. The molecule has 190 valence electrons. The molecule has 3 aromatic carbocycles. The molecule has 2 aliphatic rings. The fraction of sp³-hybridized carbons (Fsp3) is 0.258. The first-order chi connectivity index (χ1) is 18.6. The van der Waals surface area contributed by atoms with Crippen LogP contribution in [0.1, 0.15) is 18.0 Å². The molecule has 2 saturated heterocycles. The van der Waals surface area contributed by atoms with Crippen LogP contribution in [-0.4, -0.2) is 62.3 Å². The van der Waals surface area contributed by atoms with Gasteiger partial charge >= 0.3 is 0 Å². The molecule has 0 aliphatic carbocycles. The number of aryl methyl sites for hydroxylation is 1. The lowest BCUT2D eigenvalue weighted by molar-refractivity contribution is 0.0758. The van der Waals surface area contributed by atoms with E-state index in [-0.39, 0.29) is 5.75 Å². The molecule has 0 saturated carbocycles. The van der Waals surface area contributed by atoms with E-state index in [2.05, 4.69) is 62.7 Å². The number of hydrogen-bond donors (Lipinski definition) is 1. The number of hydrogen-bond acceptors (Lipinski definition) is 6. The quantitative estimate of drug-likeness (QED) is 0.353. The topological polar surface area (TPSA) is 76.3 Å². The molecular formula is C31H29N5O2. The number of ether oxygens (including phenoxy) is 1. The number of aromatic nitrogens is 4. The van der Waals surface area contributed by atoms with Crippen LogP contribution in [0.25, 0.3) is 44.4 Å². The average molecular weight is 504 g/mol. The summed E-state index contributed by atoms with van der Waals surface area (Å²) in [5, 5.41) is 25.6. The fourth-order valence-corrected chi connectivity index (χ4v) is 5.71. The second kappa shape index (κ2) is 9.35. The fourth-order valence-electron chi connectivity index (χ4n) is 5.71. The summed E-state index contributed by atoms with van der Waals surface area (Å²) in [6.45, 7) is 3.75. The van der Waals surface area contributed by atoms with Crippen LogP contribution in [0.2, 0.25) is 0 Å². The molecule has 0 spiro atoms. The molecule has 0 radical (unpaired) electrons. The van der Waals surface area contributed by atoms with Crippen LogP contribution >= 0.6 is 0 Å². The van der Waals surface area contributed by atoms with Crippen molar-refractivity contribution in [3.8, 4) is 39.3 Å². The third-order valence-electron chi connectivity index (χ3n) is 7.88. The highest BCUT2D eigenvalue weighted by Gasteiger charge is 2.35. The van der Waals surface area contributed by atoms with Crippen LogP contribution in [0.5, 0.6) is 5.75 Å². The normalized spacial score (nSPS) is 18.2. The number of phenols is 1. The molecule has 38 heavy (non-hydrogen) atoms. The molecule has 1 atom stereocenters. The highest BCUT2D eigenvalue weighted by molar-refractivity contribution is 5.90. The number of aromatic hydroxyl groups is 1. The van der Waals surface area contributed by atoms with E-state index in [1.165, 1.54) is 0 Å². The summed E-state index contributed by atoms with van der Waals surface area (Å²) >= 11 is 0. The largest absolute Gasteiger partial charge is 0.507 e. The van der Waals surface area contributed by atoms with Crippen LogP contribution in [0.4, 0.5) is 0 Å². The van der Waals surface area contributed by atoms with Gasteiger partial charge in [-0.15, -0.1) is 0 Å². The van der Waals surface area contributed by atoms with E-state index in [0.717, 1.165) is 82.8 Å². The zero-order valence-corrected chi connectivity index (χ0v) is 21.3. The Bertz CT molecular complexity index is 1620. The summed E-state index contributed by atoms with van der Waals surface area (Å²) in [6, 6.07) is 24.8. The zero-order valence-electron chi connectivity index (χ0n) is 21.3. The van der Waals surface area contributed by atoms with E-state index >= 15 is 0 Å². The Kier molecular flexibility index (Phi) is 5.68. The first kappa shape index (κ1) is 23.1. The molecule has 2 fully saturated rings. The minimum Gasteiger partial charge on any atom is -0.507 e. The number of likely N-dealkylation sites (tertiary alicyclic amines) is 1. The summed E-state index contributed by atoms with van der Waals surface area (Å²) in [7, 11) is 1.93. The van der Waals surface area contributed by atoms with E-state index in [4.69, 9.17) is 4.74 Å². The van der Waals surface area contributed by atoms with Crippen molar-refractivity contribution in [2.45, 2.75) is 18.4 Å². The molecule has 7 heteroatoms. The second-order valence-electron chi connectivity index (χ2n) is 10.4. The van der Waals surface area contributed by atoms with Gasteiger partial charge in [-0.25, -0.2) is 0 Å². The maximum absolute atomic E-state index is 10.8. The molecule has 2 aromatic heterocycles. The summed E-state index contributed by atoms with van der Waals surface area (Å²) in [5.41, 5.74) is 7.59. The summed E-state index contributed by atoms with van der Waals surface area (Å²) in [5.74, 6) is 0.656. The van der Waals surface area contributed by atoms with Crippen LogP contribution in [0.15, 0.2) is 79.0 Å². The monoisotopic (exact) mass is 503 g/mol. The van der Waals surface area contributed by atoms with E-state index in [1.807, 2.05) is 42.2 Å². The van der Waals surface area contributed by atoms with Crippen LogP contribution in [0, 0.1) is 0 Å². The van der Waals surface area contributed by atoms with Gasteiger partial charge in [0.2, 0.25) is 0 Å². The van der Waals surface area contributed by atoms with Gasteiger partial charge in [0.1, 0.15) is 5.75 Å². The number of phenolic OH excluding ortho intramolecular Hbond substituents is 1. The van der Waals surface area contributed by atoms with Gasteiger partial charge in [0.05, 0.1) is 23.5 Å². The lowest BCUT2D eigenvalue weighted by Crippen LogP contribution is -2.51. The van der Waals surface area contributed by atoms with Gasteiger partial charge in [-0.05, 0) is 59.5 Å². The van der Waals surface area contributed by atoms with Crippen molar-refractivity contribution < 1.29 is 9.84 Å². The van der Waals surface area contributed by atoms with Crippen LogP contribution < -0.4 is 0 Å². The molecule has 0 amide bonds. The zero-order chi connectivity index (χ0) is 25.6. The Hall–Kier alpha value is -4.07. The standard InChI is InChI=1S/C31H29N5O2/c1-35-16-22-14-20(7-9-29(22)34-35)21-6-8-25(27(15-21)26-4-2-3-5-31(26)37)30-11-10-28(32-33-30)23-17-36(18-23)24-12-13-38-19-24/h2-11,14-16,23-24,37H,12-13,17-19H2,1H3. The van der Waals surface area contributed by atoms with Gasteiger partial charge in [-0.3, -0.25) is 9.58 Å². The van der Waals surface area contributed by atoms with Crippen molar-refractivity contribution in [2.24, 2.45) is 7.05 Å². The first-order valence-corrected chi connectivity index (χ1v) is 13.1. The van der Waals surface area contributed by atoms with Crippen molar-refractivity contribution in [3.63, 3.8) is 0 Å². The molecule has 1 N–H and O–H groups in total. The molecule has 1 unspecified atom stereocenters. The SMILES string of the molecule is Cn1cc2cc(-c3ccc(-c4ccc(C5CN(C6CCOC6)C5)nn4)c(-c4ccccc4O)c3)ccc2n1. The first-order valence-electron chi connectivity index (χ1n) is 13.1. The summed E-state index contributed by atoms with van der Waals surface area (Å²) in [4.78, 5) is 2.49. The number of fused-ring (bicyclic) bond motifs is 1. The van der Waals surface area contributed by atoms with Crippen molar-refractivity contribution in [3.05, 3.63) is 84.7 Å². The molecule has 2 aliphatic heterocycles. The minimum absolute atomic E-state index is 0.239. The molecule has 7 rings (SSSR count). The number of para-hydroxylation sites is 1.